The fraction of sp³-hybridized carbons (Fsp3) is 0.294. The minimum absolute atomic E-state index is 0.271. The first kappa shape index (κ1) is 19.9. The molecule has 0 amide bonds. The summed E-state index contributed by atoms with van der Waals surface area (Å²) in [5.74, 6) is 0.389. The van der Waals surface area contributed by atoms with Gasteiger partial charge in [0.05, 0.1) is 0 Å². The van der Waals surface area contributed by atoms with Crippen molar-refractivity contribution in [3.05, 3.63) is 59.0 Å². The van der Waals surface area contributed by atoms with Gasteiger partial charge in [-0.05, 0) is 29.1 Å². The molecule has 2 aromatic heterocycles. The van der Waals surface area contributed by atoms with Crippen LogP contribution >= 0.6 is 22.9 Å². The molecule has 0 spiro atoms. The van der Waals surface area contributed by atoms with E-state index in [4.69, 9.17) is 0 Å². The fourth-order valence-electron chi connectivity index (χ4n) is 2.33. The van der Waals surface area contributed by atoms with Gasteiger partial charge < -0.3 is 4.90 Å². The average molecular weight is 427 g/mol. The lowest BCUT2D eigenvalue weighted by molar-refractivity contribution is 0.475. The lowest BCUT2D eigenvalue weighted by Gasteiger charge is -2.20. The van der Waals surface area contributed by atoms with Crippen molar-refractivity contribution in [1.82, 2.24) is 13.7 Å². The van der Waals surface area contributed by atoms with Crippen molar-refractivity contribution in [1.29, 1.82) is 0 Å². The van der Waals surface area contributed by atoms with Gasteiger partial charge in [-0.1, -0.05) is 18.2 Å². The van der Waals surface area contributed by atoms with E-state index in [0.29, 0.717) is 34.7 Å². The smallest absolute Gasteiger partial charge is 0.252 e. The first-order valence-corrected chi connectivity index (χ1v) is 11.2. The van der Waals surface area contributed by atoms with Crippen LogP contribution in [0.25, 0.3) is 0 Å². The summed E-state index contributed by atoms with van der Waals surface area (Å²) in [6.07, 6.45) is 0.525. The van der Waals surface area contributed by atoms with Gasteiger partial charge in [0, 0.05) is 45.1 Å². The second kappa shape index (κ2) is 8.42. The number of hydrogen-bond acceptors (Lipinski definition) is 7. The second-order valence-electron chi connectivity index (χ2n) is 5.98. The summed E-state index contributed by atoms with van der Waals surface area (Å²) in [7, 11) is -0.0233. The summed E-state index contributed by atoms with van der Waals surface area (Å²) >= 11 is 2.47. The molecular weight excluding hydrogens is 407 g/mol. The van der Waals surface area contributed by atoms with Gasteiger partial charge in [-0.25, -0.2) is 17.8 Å². The maximum Gasteiger partial charge on any atom is 0.252 e. The largest absolute Gasteiger partial charge is 0.349 e. The van der Waals surface area contributed by atoms with Crippen LogP contribution in [0.2, 0.25) is 0 Å². The molecule has 0 atom stereocenters. The van der Waals surface area contributed by atoms with E-state index >= 15 is 0 Å². The maximum atomic E-state index is 13.0. The van der Waals surface area contributed by atoms with Crippen LogP contribution < -0.4 is 4.90 Å². The lowest BCUT2D eigenvalue weighted by atomic mass is 10.1. The van der Waals surface area contributed by atoms with Crippen LogP contribution in [0.4, 0.5) is 9.52 Å². The van der Waals surface area contributed by atoms with Crippen LogP contribution in [0.1, 0.15) is 11.4 Å². The Bertz CT molecular complexity index is 972. The molecule has 0 radical (unpaired) electrons. The Morgan fingerprint density at radius 1 is 1.11 bits per heavy atom. The molecule has 0 aliphatic carbocycles. The zero-order chi connectivity index (χ0) is 19.4. The van der Waals surface area contributed by atoms with E-state index in [9.17, 15) is 12.8 Å². The standard InChI is InChI=1S/C17H19FN4O2S3/c1-21(9-10-22(2)27(23,24)16-4-3-11-25-16)17-19-15(20-26-17)12-13-5-7-14(18)8-6-13/h3-8,11H,9-10,12H2,1-2H3. The highest BCUT2D eigenvalue weighted by atomic mass is 32.2. The quantitative estimate of drug-likeness (QED) is 0.554. The van der Waals surface area contributed by atoms with Crippen molar-refractivity contribution in [2.24, 2.45) is 0 Å². The zero-order valence-electron chi connectivity index (χ0n) is 14.9. The number of hydrogen-bond donors (Lipinski definition) is 0. The van der Waals surface area contributed by atoms with Crippen molar-refractivity contribution in [3.63, 3.8) is 0 Å². The monoisotopic (exact) mass is 426 g/mol. The Morgan fingerprint density at radius 2 is 1.85 bits per heavy atom. The SMILES string of the molecule is CN(CCN(C)S(=O)(=O)c1cccs1)c1nc(Cc2ccc(F)cc2)ns1. The molecule has 1 aromatic carbocycles. The van der Waals surface area contributed by atoms with Crippen LogP contribution in [0.3, 0.4) is 0 Å². The molecule has 144 valence electrons. The Hall–Kier alpha value is -1.88. The number of benzene rings is 1. The summed E-state index contributed by atoms with van der Waals surface area (Å²) in [5, 5.41) is 2.46. The molecule has 3 rings (SSSR count). The van der Waals surface area contributed by atoms with Crippen LogP contribution in [0.5, 0.6) is 0 Å². The molecule has 3 aromatic rings. The van der Waals surface area contributed by atoms with E-state index in [1.165, 1.54) is 39.3 Å². The summed E-state index contributed by atoms with van der Waals surface area (Å²) in [6.45, 7) is 0.829. The van der Waals surface area contributed by atoms with Crippen molar-refractivity contribution in [2.75, 3.05) is 32.1 Å². The molecular formula is C17H19FN4O2S3. The van der Waals surface area contributed by atoms with Gasteiger partial charge in [0.1, 0.15) is 15.9 Å². The van der Waals surface area contributed by atoms with E-state index in [0.717, 1.165) is 5.56 Å². The van der Waals surface area contributed by atoms with Crippen LogP contribution in [-0.4, -0.2) is 49.3 Å². The first-order chi connectivity index (χ1) is 12.9. The lowest BCUT2D eigenvalue weighted by Crippen LogP contribution is -2.34. The minimum atomic E-state index is -3.45. The normalized spacial score (nSPS) is 11.9. The maximum absolute atomic E-state index is 13.0. The molecule has 27 heavy (non-hydrogen) atoms. The van der Waals surface area contributed by atoms with Gasteiger partial charge in [-0.3, -0.25) is 0 Å². The molecule has 0 saturated heterocycles. The molecule has 0 unspecified atom stereocenters. The predicted molar refractivity (Wildman–Crippen MR) is 107 cm³/mol. The number of halogens is 1. The second-order valence-corrected chi connectivity index (χ2v) is 9.93. The highest BCUT2D eigenvalue weighted by Gasteiger charge is 2.22. The van der Waals surface area contributed by atoms with E-state index in [1.807, 2.05) is 11.9 Å². The Labute approximate surface area is 166 Å². The molecule has 0 bridgehead atoms. The molecule has 0 saturated carbocycles. The van der Waals surface area contributed by atoms with Gasteiger partial charge in [0.15, 0.2) is 0 Å². The van der Waals surface area contributed by atoms with Crippen LogP contribution in [0, 0.1) is 5.82 Å². The third-order valence-corrected chi connectivity index (χ3v) is 8.07. The Kier molecular flexibility index (Phi) is 6.20. The molecule has 0 aliphatic heterocycles. The topological polar surface area (TPSA) is 66.4 Å². The number of aromatic nitrogens is 2. The number of likely N-dealkylation sites (N-methyl/N-ethyl adjacent to an activating group) is 2. The molecule has 6 nitrogen and oxygen atoms in total. The van der Waals surface area contributed by atoms with Crippen molar-refractivity contribution in [2.45, 2.75) is 10.6 Å². The summed E-state index contributed by atoms with van der Waals surface area (Å²) in [4.78, 5) is 6.37. The fourth-order valence-corrected chi connectivity index (χ4v) is 5.36. The first-order valence-electron chi connectivity index (χ1n) is 8.14. The predicted octanol–water partition coefficient (Wildman–Crippen LogP) is 3.09. The number of thiophene rings is 1. The van der Waals surface area contributed by atoms with Gasteiger partial charge in [-0.2, -0.15) is 8.68 Å². The Morgan fingerprint density at radius 3 is 2.52 bits per heavy atom. The van der Waals surface area contributed by atoms with Crippen molar-refractivity contribution < 1.29 is 12.8 Å². The molecule has 2 heterocycles. The average Bonchev–Trinajstić information content (AvgIpc) is 3.33. The zero-order valence-corrected chi connectivity index (χ0v) is 17.3. The molecule has 0 aliphatic rings. The van der Waals surface area contributed by atoms with E-state index in [2.05, 4.69) is 9.36 Å². The van der Waals surface area contributed by atoms with E-state index in [-0.39, 0.29) is 5.82 Å². The summed E-state index contributed by atoms with van der Waals surface area (Å²) in [6, 6.07) is 9.58. The molecule has 0 fully saturated rings. The van der Waals surface area contributed by atoms with Gasteiger partial charge in [-0.15, -0.1) is 11.3 Å². The Balaban J connectivity index is 1.58. The summed E-state index contributed by atoms with van der Waals surface area (Å²) < 4.78 is 43.9. The van der Waals surface area contributed by atoms with E-state index in [1.54, 1.807) is 36.7 Å². The number of nitrogens with zero attached hydrogens (tertiary/aromatic N) is 4. The highest BCUT2D eigenvalue weighted by molar-refractivity contribution is 7.91. The van der Waals surface area contributed by atoms with E-state index < -0.39 is 10.0 Å². The third-order valence-electron chi connectivity index (χ3n) is 3.97. The minimum Gasteiger partial charge on any atom is -0.349 e. The number of sulfonamides is 1. The van der Waals surface area contributed by atoms with Gasteiger partial charge >= 0.3 is 0 Å². The highest BCUT2D eigenvalue weighted by Crippen LogP contribution is 2.21. The van der Waals surface area contributed by atoms with Crippen LogP contribution in [0.15, 0.2) is 46.0 Å². The third kappa shape index (κ3) is 4.89. The van der Waals surface area contributed by atoms with Gasteiger partial charge in [0.25, 0.3) is 10.0 Å². The molecule has 0 N–H and O–H groups in total. The number of anilines is 1. The van der Waals surface area contributed by atoms with Gasteiger partial charge in [0.2, 0.25) is 5.13 Å². The van der Waals surface area contributed by atoms with Crippen molar-refractivity contribution >= 4 is 38.0 Å². The number of rotatable bonds is 8. The summed E-state index contributed by atoms with van der Waals surface area (Å²) in [5.41, 5.74) is 0.935. The van der Waals surface area contributed by atoms with Crippen molar-refractivity contribution in [3.8, 4) is 0 Å². The molecule has 10 heteroatoms. The van der Waals surface area contributed by atoms with Crippen LogP contribution in [-0.2, 0) is 16.4 Å².